The molecular formula is C25H20N4O5. The third-order valence-corrected chi connectivity index (χ3v) is 5.42. The van der Waals surface area contributed by atoms with Crippen LogP contribution in [-0.2, 0) is 0 Å². The van der Waals surface area contributed by atoms with Crippen LogP contribution in [0, 0.1) is 20.2 Å². The average molecular weight is 456 g/mol. The summed E-state index contributed by atoms with van der Waals surface area (Å²) in [6.45, 7) is 2.38. The molecule has 170 valence electrons. The molecular weight excluding hydrogens is 436 g/mol. The summed E-state index contributed by atoms with van der Waals surface area (Å²) in [5.74, 6) is -0.174. The Morgan fingerprint density at radius 2 is 1.59 bits per heavy atom. The number of nitro groups is 2. The Hall–Kier alpha value is -4.79. The molecule has 0 saturated carbocycles. The van der Waals surface area contributed by atoms with Gasteiger partial charge in [0.1, 0.15) is 5.69 Å². The standard InChI is InChI=1S/C25H20N4O5/c1-2-27(23-9-5-7-17-6-3-4-8-21(17)23)25(30)18-10-12-19(13-11-18)26-22-15-14-20(28(31)32)16-24(22)29(33)34/h3-16,26H,2H2,1H3. The molecule has 0 spiro atoms. The molecule has 1 N–H and O–H groups in total. The number of amides is 1. The number of nitrogens with zero attached hydrogens (tertiary/aromatic N) is 3. The maximum atomic E-state index is 13.3. The second-order valence-electron chi connectivity index (χ2n) is 7.47. The van der Waals surface area contributed by atoms with Crippen LogP contribution in [0.2, 0.25) is 0 Å². The maximum Gasteiger partial charge on any atom is 0.299 e. The van der Waals surface area contributed by atoms with Gasteiger partial charge in [0, 0.05) is 29.2 Å². The fourth-order valence-electron chi connectivity index (χ4n) is 3.76. The predicted octanol–water partition coefficient (Wildman–Crippen LogP) is 6.07. The van der Waals surface area contributed by atoms with Crippen molar-refractivity contribution >= 4 is 45.1 Å². The first-order valence-electron chi connectivity index (χ1n) is 10.5. The van der Waals surface area contributed by atoms with Crippen LogP contribution in [0.15, 0.2) is 84.9 Å². The van der Waals surface area contributed by atoms with Gasteiger partial charge in [-0.25, -0.2) is 0 Å². The summed E-state index contributed by atoms with van der Waals surface area (Å²) in [6.07, 6.45) is 0. The van der Waals surface area contributed by atoms with Crippen LogP contribution in [0.25, 0.3) is 10.8 Å². The third kappa shape index (κ3) is 4.40. The number of nitro benzene ring substituents is 2. The number of hydrogen-bond acceptors (Lipinski definition) is 6. The minimum absolute atomic E-state index is 0.112. The van der Waals surface area contributed by atoms with Crippen molar-refractivity contribution in [3.63, 3.8) is 0 Å². The minimum atomic E-state index is -0.688. The van der Waals surface area contributed by atoms with Gasteiger partial charge in [0.2, 0.25) is 0 Å². The highest BCUT2D eigenvalue weighted by Crippen LogP contribution is 2.32. The Balaban J connectivity index is 1.59. The van der Waals surface area contributed by atoms with E-state index in [9.17, 15) is 25.0 Å². The van der Waals surface area contributed by atoms with Crippen molar-refractivity contribution in [1.82, 2.24) is 0 Å². The smallest absolute Gasteiger partial charge is 0.299 e. The number of nitrogens with one attached hydrogen (secondary N) is 1. The van der Waals surface area contributed by atoms with Crippen molar-refractivity contribution in [3.8, 4) is 0 Å². The lowest BCUT2D eigenvalue weighted by Gasteiger charge is -2.23. The Bertz CT molecular complexity index is 1400. The first kappa shape index (κ1) is 22.4. The molecule has 0 saturated heterocycles. The molecule has 0 aliphatic heterocycles. The van der Waals surface area contributed by atoms with Crippen molar-refractivity contribution in [2.24, 2.45) is 0 Å². The van der Waals surface area contributed by atoms with Crippen molar-refractivity contribution < 1.29 is 14.6 Å². The number of carbonyl (C=O) groups excluding carboxylic acids is 1. The molecule has 0 radical (unpaired) electrons. The third-order valence-electron chi connectivity index (χ3n) is 5.42. The van der Waals surface area contributed by atoms with Gasteiger partial charge in [-0.05, 0) is 48.7 Å². The molecule has 1 amide bonds. The normalized spacial score (nSPS) is 10.6. The van der Waals surface area contributed by atoms with E-state index < -0.39 is 15.5 Å². The molecule has 34 heavy (non-hydrogen) atoms. The molecule has 0 fully saturated rings. The monoisotopic (exact) mass is 456 g/mol. The Labute approximate surface area is 194 Å². The van der Waals surface area contributed by atoms with Gasteiger partial charge in [-0.15, -0.1) is 0 Å². The lowest BCUT2D eigenvalue weighted by atomic mass is 10.1. The molecule has 4 aromatic rings. The van der Waals surface area contributed by atoms with Crippen LogP contribution in [0.3, 0.4) is 0 Å². The van der Waals surface area contributed by atoms with Crippen molar-refractivity contribution in [2.45, 2.75) is 6.92 Å². The lowest BCUT2D eigenvalue weighted by Crippen LogP contribution is -2.30. The van der Waals surface area contributed by atoms with Gasteiger partial charge in [-0.1, -0.05) is 36.4 Å². The molecule has 0 aliphatic carbocycles. The second-order valence-corrected chi connectivity index (χ2v) is 7.47. The first-order valence-corrected chi connectivity index (χ1v) is 10.5. The van der Waals surface area contributed by atoms with Crippen molar-refractivity contribution in [1.29, 1.82) is 0 Å². The molecule has 9 heteroatoms. The summed E-state index contributed by atoms with van der Waals surface area (Å²) in [6, 6.07) is 23.6. The number of non-ortho nitro benzene ring substituents is 1. The van der Waals surface area contributed by atoms with E-state index in [4.69, 9.17) is 0 Å². The fraction of sp³-hybridized carbons (Fsp3) is 0.0800. The second kappa shape index (κ2) is 9.37. The van der Waals surface area contributed by atoms with Gasteiger partial charge < -0.3 is 10.2 Å². The van der Waals surface area contributed by atoms with E-state index >= 15 is 0 Å². The van der Waals surface area contributed by atoms with E-state index in [1.165, 1.54) is 12.1 Å². The van der Waals surface area contributed by atoms with Crippen LogP contribution in [-0.4, -0.2) is 22.3 Å². The number of rotatable bonds is 7. The fourth-order valence-corrected chi connectivity index (χ4v) is 3.76. The predicted molar refractivity (Wildman–Crippen MR) is 131 cm³/mol. The highest BCUT2D eigenvalue weighted by molar-refractivity contribution is 6.10. The maximum absolute atomic E-state index is 13.3. The summed E-state index contributed by atoms with van der Waals surface area (Å²) in [4.78, 5) is 35.9. The van der Waals surface area contributed by atoms with Crippen molar-refractivity contribution in [3.05, 3.63) is 111 Å². The molecule has 4 aromatic carbocycles. The van der Waals surface area contributed by atoms with E-state index in [0.717, 1.165) is 22.5 Å². The van der Waals surface area contributed by atoms with Gasteiger partial charge in [-0.3, -0.25) is 25.0 Å². The van der Waals surface area contributed by atoms with E-state index in [0.29, 0.717) is 17.8 Å². The molecule has 0 aromatic heterocycles. The average Bonchev–Trinajstić information content (AvgIpc) is 2.85. The van der Waals surface area contributed by atoms with Gasteiger partial charge in [-0.2, -0.15) is 0 Å². The minimum Gasteiger partial charge on any atom is -0.350 e. The molecule has 4 rings (SSSR count). The largest absolute Gasteiger partial charge is 0.350 e. The summed E-state index contributed by atoms with van der Waals surface area (Å²) in [5, 5.41) is 27.2. The van der Waals surface area contributed by atoms with E-state index in [2.05, 4.69) is 5.32 Å². The zero-order valence-corrected chi connectivity index (χ0v) is 18.2. The highest BCUT2D eigenvalue weighted by atomic mass is 16.6. The van der Waals surface area contributed by atoms with E-state index in [1.54, 1.807) is 29.2 Å². The van der Waals surface area contributed by atoms with Crippen LogP contribution in [0.5, 0.6) is 0 Å². The molecule has 0 bridgehead atoms. The first-order chi connectivity index (χ1) is 16.4. The highest BCUT2D eigenvalue weighted by Gasteiger charge is 2.21. The quantitative estimate of drug-likeness (QED) is 0.266. The number of hydrogen-bond donors (Lipinski definition) is 1. The number of anilines is 3. The zero-order chi connectivity index (χ0) is 24.2. The van der Waals surface area contributed by atoms with E-state index in [1.807, 2.05) is 49.4 Å². The number of fused-ring (bicyclic) bond motifs is 1. The SMILES string of the molecule is CCN(C(=O)c1ccc(Nc2ccc([N+](=O)[O-])cc2[N+](=O)[O-])cc1)c1cccc2ccccc12. The summed E-state index contributed by atoms with van der Waals surface area (Å²) in [5.41, 5.74) is 1.10. The molecule has 9 nitrogen and oxygen atoms in total. The lowest BCUT2D eigenvalue weighted by molar-refractivity contribution is -0.393. The van der Waals surface area contributed by atoms with Gasteiger partial charge >= 0.3 is 0 Å². The van der Waals surface area contributed by atoms with E-state index in [-0.39, 0.29) is 17.3 Å². The molecule has 0 unspecified atom stereocenters. The van der Waals surface area contributed by atoms with Gasteiger partial charge in [0.15, 0.2) is 0 Å². The topological polar surface area (TPSA) is 119 Å². The molecule has 0 heterocycles. The zero-order valence-electron chi connectivity index (χ0n) is 18.2. The van der Waals surface area contributed by atoms with Crippen LogP contribution < -0.4 is 10.2 Å². The summed E-state index contributed by atoms with van der Waals surface area (Å²) < 4.78 is 0. The molecule has 0 aliphatic rings. The summed E-state index contributed by atoms with van der Waals surface area (Å²) >= 11 is 0. The Morgan fingerprint density at radius 3 is 2.26 bits per heavy atom. The Morgan fingerprint density at radius 1 is 0.882 bits per heavy atom. The Kier molecular flexibility index (Phi) is 6.18. The molecule has 0 atom stereocenters. The van der Waals surface area contributed by atoms with Gasteiger partial charge in [0.05, 0.1) is 21.6 Å². The van der Waals surface area contributed by atoms with Crippen LogP contribution >= 0.6 is 0 Å². The number of carbonyl (C=O) groups is 1. The van der Waals surface area contributed by atoms with Crippen LogP contribution in [0.1, 0.15) is 17.3 Å². The van der Waals surface area contributed by atoms with Gasteiger partial charge in [0.25, 0.3) is 17.3 Å². The summed E-state index contributed by atoms with van der Waals surface area (Å²) in [7, 11) is 0. The van der Waals surface area contributed by atoms with Crippen molar-refractivity contribution in [2.75, 3.05) is 16.8 Å². The number of benzene rings is 4. The van der Waals surface area contributed by atoms with Crippen LogP contribution in [0.4, 0.5) is 28.4 Å².